The zero-order valence-electron chi connectivity index (χ0n) is 17.3. The van der Waals surface area contributed by atoms with Gasteiger partial charge in [-0.3, -0.25) is 4.55 Å². The average molecular weight is 500 g/mol. The molecule has 1 heterocycles. The Bertz CT molecular complexity index is 882. The predicted molar refractivity (Wildman–Crippen MR) is 111 cm³/mol. The molecule has 0 aromatic heterocycles. The maximum absolute atomic E-state index is 11.0. The molecule has 0 saturated carbocycles. The molecule has 0 radical (unpaired) electrons. The van der Waals surface area contributed by atoms with Crippen LogP contribution < -0.4 is 14.2 Å². The van der Waals surface area contributed by atoms with Crippen molar-refractivity contribution in [2.24, 2.45) is 5.16 Å². The van der Waals surface area contributed by atoms with Gasteiger partial charge in [0.2, 0.25) is 5.75 Å². The molecular formula is C17H25NO12S2. The lowest BCUT2D eigenvalue weighted by Gasteiger charge is -2.39. The van der Waals surface area contributed by atoms with Crippen molar-refractivity contribution in [3.05, 3.63) is 17.7 Å². The molecule has 5 N–H and O–H groups in total. The van der Waals surface area contributed by atoms with E-state index in [2.05, 4.69) is 9.44 Å². The van der Waals surface area contributed by atoms with E-state index >= 15 is 0 Å². The highest BCUT2D eigenvalue weighted by atomic mass is 32.3. The fourth-order valence-corrected chi connectivity index (χ4v) is 4.22. The first-order chi connectivity index (χ1) is 15.0. The average Bonchev–Trinajstić information content (AvgIpc) is 2.76. The second-order valence-corrected chi connectivity index (χ2v) is 8.69. The number of aliphatic hydroxyl groups excluding tert-OH is 4. The van der Waals surface area contributed by atoms with Gasteiger partial charge in [-0.2, -0.15) is 8.42 Å². The van der Waals surface area contributed by atoms with Gasteiger partial charge >= 0.3 is 10.4 Å². The summed E-state index contributed by atoms with van der Waals surface area (Å²) in [6.45, 7) is -0.650. The normalized spacial score (nSPS) is 26.5. The van der Waals surface area contributed by atoms with E-state index in [0.717, 1.165) is 0 Å². The Hall–Kier alpha value is -1.85. The van der Waals surface area contributed by atoms with Crippen molar-refractivity contribution in [1.82, 2.24) is 0 Å². The van der Waals surface area contributed by atoms with Crippen LogP contribution in [0, 0.1) is 0 Å². The molecule has 5 unspecified atom stereocenters. The van der Waals surface area contributed by atoms with Crippen LogP contribution in [0.15, 0.2) is 17.3 Å². The Morgan fingerprint density at radius 1 is 1.06 bits per heavy atom. The molecule has 1 fully saturated rings. The van der Waals surface area contributed by atoms with Crippen molar-refractivity contribution < 1.29 is 56.6 Å². The SMILES string of the molecule is COc1cc(CC(=NOS(=O)(=O)O)SC2OC(CO)C(O)C(O)C2O)cc(OC)c1OC. The first-order valence-electron chi connectivity index (χ1n) is 9.03. The van der Waals surface area contributed by atoms with Crippen LogP contribution in [0.1, 0.15) is 5.56 Å². The number of nitrogens with zero attached hydrogens (tertiary/aromatic N) is 1. The number of methoxy groups -OCH3 is 3. The van der Waals surface area contributed by atoms with Crippen molar-refractivity contribution in [1.29, 1.82) is 0 Å². The lowest BCUT2D eigenvalue weighted by Crippen LogP contribution is -2.57. The van der Waals surface area contributed by atoms with E-state index in [0.29, 0.717) is 34.6 Å². The standard InChI is InChI=1S/C17H25NO12S2/c1-26-9-4-8(5-10(27-2)16(9)28-3)6-12(18-30-32(23,24)25)31-17-15(22)14(21)13(20)11(7-19)29-17/h4-5,11,13-15,17,19-22H,6-7H2,1-3H3,(H,23,24,25). The summed E-state index contributed by atoms with van der Waals surface area (Å²) in [6, 6.07) is 3.11. The highest BCUT2D eigenvalue weighted by Crippen LogP contribution is 2.39. The van der Waals surface area contributed by atoms with Crippen molar-refractivity contribution in [3.63, 3.8) is 0 Å². The van der Waals surface area contributed by atoms with Crippen LogP contribution in [0.3, 0.4) is 0 Å². The number of aliphatic hydroxyl groups is 4. The molecular weight excluding hydrogens is 474 g/mol. The van der Waals surface area contributed by atoms with Gasteiger partial charge in [0.15, 0.2) is 11.5 Å². The molecule has 2 rings (SSSR count). The quantitative estimate of drug-likeness (QED) is 0.119. The highest BCUT2D eigenvalue weighted by molar-refractivity contribution is 8.14. The van der Waals surface area contributed by atoms with Crippen LogP contribution in [-0.2, 0) is 25.8 Å². The molecule has 1 saturated heterocycles. The Morgan fingerprint density at radius 2 is 1.66 bits per heavy atom. The third-order valence-electron chi connectivity index (χ3n) is 4.41. The molecule has 1 aliphatic rings. The van der Waals surface area contributed by atoms with Crippen LogP contribution in [0.4, 0.5) is 0 Å². The van der Waals surface area contributed by atoms with E-state index in [-0.39, 0.29) is 11.5 Å². The number of hydrogen-bond donors (Lipinski definition) is 5. The van der Waals surface area contributed by atoms with E-state index in [9.17, 15) is 28.8 Å². The summed E-state index contributed by atoms with van der Waals surface area (Å²) in [5.74, 6) is 0.914. The molecule has 1 aromatic rings. The van der Waals surface area contributed by atoms with Crippen molar-refractivity contribution in [2.75, 3.05) is 27.9 Å². The summed E-state index contributed by atoms with van der Waals surface area (Å²) in [5.41, 5.74) is -0.786. The molecule has 15 heteroatoms. The lowest BCUT2D eigenvalue weighted by atomic mass is 10.0. The third-order valence-corrected chi connectivity index (χ3v) is 5.79. The highest BCUT2D eigenvalue weighted by Gasteiger charge is 2.44. The van der Waals surface area contributed by atoms with Gasteiger partial charge in [-0.25, -0.2) is 4.28 Å². The van der Waals surface area contributed by atoms with E-state index in [4.69, 9.17) is 23.5 Å². The maximum atomic E-state index is 11.0. The van der Waals surface area contributed by atoms with E-state index in [1.54, 1.807) is 12.1 Å². The third kappa shape index (κ3) is 6.58. The summed E-state index contributed by atoms with van der Waals surface area (Å²) in [6.07, 6.45) is -6.14. The Kier molecular flexibility index (Phi) is 9.35. The fraction of sp³-hybridized carbons (Fsp3) is 0.588. The Labute approximate surface area is 188 Å². The Morgan fingerprint density at radius 3 is 2.12 bits per heavy atom. The van der Waals surface area contributed by atoms with Crippen molar-refractivity contribution >= 4 is 27.2 Å². The number of ether oxygens (including phenoxy) is 4. The van der Waals surface area contributed by atoms with E-state index in [1.165, 1.54) is 21.3 Å². The number of thioether (sulfide) groups is 1. The second-order valence-electron chi connectivity index (χ2n) is 6.51. The second kappa shape index (κ2) is 11.3. The predicted octanol–water partition coefficient (Wildman–Crippen LogP) is -1.08. The summed E-state index contributed by atoms with van der Waals surface area (Å²) >= 11 is 0.653. The topological polar surface area (TPSA) is 194 Å². The van der Waals surface area contributed by atoms with Gasteiger partial charge in [0.1, 0.15) is 34.9 Å². The number of hydrogen-bond acceptors (Lipinski definition) is 13. The summed E-state index contributed by atoms with van der Waals surface area (Å²) in [4.78, 5) is 0. The molecule has 5 atom stereocenters. The first kappa shape index (κ1) is 26.4. The number of benzene rings is 1. The van der Waals surface area contributed by atoms with Gasteiger partial charge in [0.05, 0.1) is 27.9 Å². The summed E-state index contributed by atoms with van der Waals surface area (Å²) < 4.78 is 56.1. The lowest BCUT2D eigenvalue weighted by molar-refractivity contribution is -0.205. The van der Waals surface area contributed by atoms with Crippen LogP contribution in [0.5, 0.6) is 17.2 Å². The smallest absolute Gasteiger partial charge is 0.466 e. The minimum absolute atomic E-state index is 0.110. The summed E-state index contributed by atoms with van der Waals surface area (Å²) in [7, 11) is -0.716. The monoisotopic (exact) mass is 499 g/mol. The molecule has 182 valence electrons. The fourth-order valence-electron chi connectivity index (χ4n) is 2.90. The minimum Gasteiger partial charge on any atom is -0.493 e. The van der Waals surface area contributed by atoms with Gasteiger partial charge < -0.3 is 39.4 Å². The summed E-state index contributed by atoms with van der Waals surface area (Å²) in [5, 5.41) is 42.7. The van der Waals surface area contributed by atoms with Crippen LogP contribution in [0.2, 0.25) is 0 Å². The minimum atomic E-state index is -4.94. The van der Waals surface area contributed by atoms with Crippen LogP contribution in [0.25, 0.3) is 0 Å². The molecule has 0 aliphatic carbocycles. The first-order valence-corrected chi connectivity index (χ1v) is 11.3. The molecule has 0 bridgehead atoms. The largest absolute Gasteiger partial charge is 0.493 e. The van der Waals surface area contributed by atoms with Crippen LogP contribution in [-0.4, -0.2) is 96.2 Å². The number of oxime groups is 1. The molecule has 1 aliphatic heterocycles. The van der Waals surface area contributed by atoms with Gasteiger partial charge in [-0.1, -0.05) is 16.9 Å². The van der Waals surface area contributed by atoms with Crippen LogP contribution >= 0.6 is 11.8 Å². The van der Waals surface area contributed by atoms with E-state index < -0.39 is 46.9 Å². The van der Waals surface area contributed by atoms with Gasteiger partial charge in [0.25, 0.3) is 0 Å². The molecule has 0 amide bonds. The van der Waals surface area contributed by atoms with E-state index in [1.807, 2.05) is 0 Å². The number of rotatable bonds is 9. The molecule has 0 spiro atoms. The Balaban J connectivity index is 2.36. The zero-order chi connectivity index (χ0) is 24.1. The molecule has 1 aromatic carbocycles. The van der Waals surface area contributed by atoms with Gasteiger partial charge in [-0.05, 0) is 17.7 Å². The van der Waals surface area contributed by atoms with Gasteiger partial charge in [-0.15, -0.1) is 0 Å². The molecule has 13 nitrogen and oxygen atoms in total. The molecule has 32 heavy (non-hydrogen) atoms. The van der Waals surface area contributed by atoms with Crippen molar-refractivity contribution in [2.45, 2.75) is 36.3 Å². The maximum Gasteiger partial charge on any atom is 0.466 e. The van der Waals surface area contributed by atoms with Gasteiger partial charge in [0, 0.05) is 6.42 Å². The van der Waals surface area contributed by atoms with Crippen molar-refractivity contribution in [3.8, 4) is 17.2 Å². The zero-order valence-corrected chi connectivity index (χ0v) is 18.9.